The molecular formula is C24H20N4O4. The number of rotatable bonds is 7. The van der Waals surface area contributed by atoms with Crippen molar-refractivity contribution < 1.29 is 18.8 Å². The highest BCUT2D eigenvalue weighted by Crippen LogP contribution is 2.30. The number of hydrogen-bond donors (Lipinski definition) is 2. The number of para-hydroxylation sites is 1. The fourth-order valence-electron chi connectivity index (χ4n) is 3.06. The first-order valence-corrected chi connectivity index (χ1v) is 9.82. The zero-order valence-electron chi connectivity index (χ0n) is 17.2. The number of ether oxygens (including phenoxy) is 1. The smallest absolute Gasteiger partial charge is 0.262 e. The lowest BCUT2D eigenvalue weighted by Crippen LogP contribution is -2.20. The molecule has 4 rings (SSSR count). The number of anilines is 1. The highest BCUT2D eigenvalue weighted by molar-refractivity contribution is 5.95. The highest BCUT2D eigenvalue weighted by Gasteiger charge is 2.16. The first-order valence-electron chi connectivity index (χ1n) is 9.82. The quantitative estimate of drug-likeness (QED) is 0.462. The summed E-state index contributed by atoms with van der Waals surface area (Å²) in [6.07, 6.45) is 0. The lowest BCUT2D eigenvalue weighted by molar-refractivity contribution is -0.118. The van der Waals surface area contributed by atoms with E-state index in [1.165, 1.54) is 12.1 Å². The van der Waals surface area contributed by atoms with Gasteiger partial charge in [0.2, 0.25) is 11.7 Å². The summed E-state index contributed by atoms with van der Waals surface area (Å²) in [5.41, 5.74) is 8.62. The van der Waals surface area contributed by atoms with E-state index in [1.54, 1.807) is 30.3 Å². The van der Waals surface area contributed by atoms with Gasteiger partial charge in [0, 0.05) is 16.8 Å². The second kappa shape index (κ2) is 9.13. The third kappa shape index (κ3) is 4.81. The summed E-state index contributed by atoms with van der Waals surface area (Å²) in [7, 11) is 0. The van der Waals surface area contributed by atoms with Gasteiger partial charge < -0.3 is 20.3 Å². The minimum atomic E-state index is -0.533. The van der Waals surface area contributed by atoms with Crippen molar-refractivity contribution in [3.8, 4) is 28.6 Å². The Morgan fingerprint density at radius 2 is 1.81 bits per heavy atom. The minimum absolute atomic E-state index is 0.229. The third-order valence-corrected chi connectivity index (χ3v) is 4.63. The number of nitrogens with zero attached hydrogens (tertiary/aromatic N) is 2. The summed E-state index contributed by atoms with van der Waals surface area (Å²) in [5.74, 6) is 0.299. The van der Waals surface area contributed by atoms with Crippen LogP contribution in [-0.4, -0.2) is 28.6 Å². The van der Waals surface area contributed by atoms with E-state index in [0.29, 0.717) is 34.3 Å². The molecule has 1 aromatic heterocycles. The monoisotopic (exact) mass is 428 g/mol. The molecule has 0 fully saturated rings. The zero-order chi connectivity index (χ0) is 22.5. The van der Waals surface area contributed by atoms with Crippen molar-refractivity contribution >= 4 is 17.5 Å². The molecule has 8 nitrogen and oxygen atoms in total. The topological polar surface area (TPSA) is 120 Å². The predicted molar refractivity (Wildman–Crippen MR) is 119 cm³/mol. The molecule has 32 heavy (non-hydrogen) atoms. The Labute approximate surface area is 184 Å². The van der Waals surface area contributed by atoms with Crippen LogP contribution in [-0.2, 0) is 4.79 Å². The van der Waals surface area contributed by atoms with Crippen LogP contribution in [0.5, 0.6) is 5.75 Å². The molecule has 160 valence electrons. The average Bonchev–Trinajstić information content (AvgIpc) is 3.28. The molecule has 2 amide bonds. The number of nitrogens with one attached hydrogen (secondary N) is 1. The van der Waals surface area contributed by atoms with Gasteiger partial charge in [0.1, 0.15) is 5.75 Å². The van der Waals surface area contributed by atoms with Crippen LogP contribution in [0.3, 0.4) is 0 Å². The summed E-state index contributed by atoms with van der Waals surface area (Å²) in [4.78, 5) is 27.9. The van der Waals surface area contributed by atoms with Crippen molar-refractivity contribution in [3.05, 3.63) is 83.9 Å². The fraction of sp³-hybridized carbons (Fsp3) is 0.0833. The molecule has 1 heterocycles. The van der Waals surface area contributed by atoms with Gasteiger partial charge in [-0.25, -0.2) is 0 Å². The number of carbonyl (C=O) groups is 2. The summed E-state index contributed by atoms with van der Waals surface area (Å²) < 4.78 is 11.1. The Hall–Kier alpha value is -4.46. The molecule has 0 atom stereocenters. The van der Waals surface area contributed by atoms with E-state index >= 15 is 0 Å². The van der Waals surface area contributed by atoms with Crippen LogP contribution >= 0.6 is 0 Å². The molecular weight excluding hydrogens is 408 g/mol. The lowest BCUT2D eigenvalue weighted by Gasteiger charge is -2.10. The lowest BCUT2D eigenvalue weighted by atomic mass is 10.1. The van der Waals surface area contributed by atoms with Gasteiger partial charge in [-0.1, -0.05) is 41.1 Å². The standard InChI is InChI=1S/C24H20N4O4/c1-15-5-4-6-17(13-15)23-27-24(32-28-23)19-7-2-3-8-20(19)31-14-21(29)26-18-11-9-16(10-12-18)22(25)30/h2-13H,14H2,1H3,(H2,25,30)(H,26,29). The minimum Gasteiger partial charge on any atom is -0.483 e. The van der Waals surface area contributed by atoms with E-state index in [1.807, 2.05) is 37.3 Å². The Balaban J connectivity index is 1.45. The predicted octanol–water partition coefficient (Wildman–Crippen LogP) is 3.83. The van der Waals surface area contributed by atoms with Crippen molar-refractivity contribution in [1.82, 2.24) is 10.1 Å². The molecule has 0 aliphatic rings. The summed E-state index contributed by atoms with van der Waals surface area (Å²) in [6, 6.07) is 21.2. The van der Waals surface area contributed by atoms with E-state index in [0.717, 1.165) is 11.1 Å². The number of aryl methyl sites for hydroxylation is 1. The number of hydrogen-bond acceptors (Lipinski definition) is 6. The van der Waals surface area contributed by atoms with E-state index in [4.69, 9.17) is 15.0 Å². The van der Waals surface area contributed by atoms with Crippen LogP contribution in [0.2, 0.25) is 0 Å². The van der Waals surface area contributed by atoms with Gasteiger partial charge in [0.05, 0.1) is 5.56 Å². The molecule has 0 radical (unpaired) electrons. The molecule has 0 spiro atoms. The molecule has 0 aliphatic heterocycles. The van der Waals surface area contributed by atoms with Crippen molar-refractivity contribution in [2.45, 2.75) is 6.92 Å². The second-order valence-corrected chi connectivity index (χ2v) is 7.07. The summed E-state index contributed by atoms with van der Waals surface area (Å²) in [5, 5.41) is 6.76. The number of amides is 2. The average molecular weight is 428 g/mol. The van der Waals surface area contributed by atoms with Crippen LogP contribution in [0.15, 0.2) is 77.3 Å². The van der Waals surface area contributed by atoms with E-state index in [2.05, 4.69) is 15.5 Å². The maximum absolute atomic E-state index is 12.3. The number of carbonyl (C=O) groups excluding carboxylic acids is 2. The van der Waals surface area contributed by atoms with Crippen molar-refractivity contribution in [2.24, 2.45) is 5.73 Å². The Kier molecular flexibility index (Phi) is 5.94. The van der Waals surface area contributed by atoms with E-state index in [9.17, 15) is 9.59 Å². The molecule has 3 aromatic carbocycles. The Morgan fingerprint density at radius 1 is 1.03 bits per heavy atom. The van der Waals surface area contributed by atoms with Crippen LogP contribution in [0.4, 0.5) is 5.69 Å². The highest BCUT2D eigenvalue weighted by atomic mass is 16.5. The fourth-order valence-corrected chi connectivity index (χ4v) is 3.06. The van der Waals surface area contributed by atoms with Gasteiger partial charge in [-0.3, -0.25) is 9.59 Å². The summed E-state index contributed by atoms with van der Waals surface area (Å²) >= 11 is 0. The normalized spacial score (nSPS) is 10.5. The number of benzene rings is 3. The molecule has 0 unspecified atom stereocenters. The van der Waals surface area contributed by atoms with Crippen molar-refractivity contribution in [1.29, 1.82) is 0 Å². The van der Waals surface area contributed by atoms with Crippen molar-refractivity contribution in [3.63, 3.8) is 0 Å². The molecule has 3 N–H and O–H groups in total. The maximum Gasteiger partial charge on any atom is 0.262 e. The van der Waals surface area contributed by atoms with Crippen LogP contribution in [0, 0.1) is 6.92 Å². The molecule has 0 saturated heterocycles. The van der Waals surface area contributed by atoms with E-state index in [-0.39, 0.29) is 12.5 Å². The van der Waals surface area contributed by atoms with Gasteiger partial charge in [0.25, 0.3) is 11.8 Å². The summed E-state index contributed by atoms with van der Waals surface area (Å²) in [6.45, 7) is 1.76. The van der Waals surface area contributed by atoms with Crippen LogP contribution in [0.25, 0.3) is 22.8 Å². The first-order chi connectivity index (χ1) is 15.5. The number of aromatic nitrogens is 2. The SMILES string of the molecule is Cc1cccc(-c2noc(-c3ccccc3OCC(=O)Nc3ccc(C(N)=O)cc3)n2)c1. The van der Waals surface area contributed by atoms with Gasteiger partial charge in [-0.15, -0.1) is 0 Å². The number of nitrogens with two attached hydrogens (primary N) is 1. The number of primary amides is 1. The van der Waals surface area contributed by atoms with Crippen LogP contribution < -0.4 is 15.8 Å². The molecule has 0 saturated carbocycles. The van der Waals surface area contributed by atoms with Gasteiger partial charge in [0.15, 0.2) is 6.61 Å². The molecule has 4 aromatic rings. The molecule has 8 heteroatoms. The van der Waals surface area contributed by atoms with Crippen LogP contribution in [0.1, 0.15) is 15.9 Å². The molecule has 0 aliphatic carbocycles. The van der Waals surface area contributed by atoms with Crippen molar-refractivity contribution in [2.75, 3.05) is 11.9 Å². The van der Waals surface area contributed by atoms with Gasteiger partial charge in [-0.05, 0) is 49.4 Å². The first kappa shape index (κ1) is 20.8. The second-order valence-electron chi connectivity index (χ2n) is 7.07. The van der Waals surface area contributed by atoms with Gasteiger partial charge >= 0.3 is 0 Å². The Bertz CT molecular complexity index is 1270. The maximum atomic E-state index is 12.3. The Morgan fingerprint density at radius 3 is 2.56 bits per heavy atom. The largest absolute Gasteiger partial charge is 0.483 e. The molecule has 0 bridgehead atoms. The third-order valence-electron chi connectivity index (χ3n) is 4.63. The van der Waals surface area contributed by atoms with Gasteiger partial charge in [-0.2, -0.15) is 4.98 Å². The zero-order valence-corrected chi connectivity index (χ0v) is 17.2. The van der Waals surface area contributed by atoms with E-state index < -0.39 is 5.91 Å².